The van der Waals surface area contributed by atoms with Gasteiger partial charge in [0.15, 0.2) is 0 Å². The third-order valence-corrected chi connectivity index (χ3v) is 2.80. The molecule has 1 aromatic rings. The predicted octanol–water partition coefficient (Wildman–Crippen LogP) is 2.28. The summed E-state index contributed by atoms with van der Waals surface area (Å²) in [6, 6.07) is 3.91. The zero-order valence-electron chi connectivity index (χ0n) is 12.3. The van der Waals surface area contributed by atoms with E-state index in [0.717, 1.165) is 6.07 Å². The summed E-state index contributed by atoms with van der Waals surface area (Å²) in [6.45, 7) is 0.244. The van der Waals surface area contributed by atoms with E-state index in [1.54, 1.807) is 27.2 Å². The second kappa shape index (κ2) is 7.31. The standard InChI is InChI=1S/C14H19F3N2O2/c1-18-9-10-4-5-12(11(8-10)14(15,16)17)21-7-6-13(20)19(2)3/h4-5,8,18H,6-7,9H2,1-3H3. The van der Waals surface area contributed by atoms with Crippen molar-refractivity contribution in [1.82, 2.24) is 10.2 Å². The molecular formula is C14H19F3N2O2. The number of nitrogens with one attached hydrogen (secondary N) is 1. The molecular weight excluding hydrogens is 285 g/mol. The van der Waals surface area contributed by atoms with Crippen molar-refractivity contribution in [3.05, 3.63) is 29.3 Å². The Bertz CT molecular complexity index is 488. The smallest absolute Gasteiger partial charge is 0.419 e. The minimum Gasteiger partial charge on any atom is -0.492 e. The molecule has 0 heterocycles. The Morgan fingerprint density at radius 3 is 2.52 bits per heavy atom. The highest BCUT2D eigenvalue weighted by Gasteiger charge is 2.34. The average molecular weight is 304 g/mol. The lowest BCUT2D eigenvalue weighted by atomic mass is 10.1. The van der Waals surface area contributed by atoms with Crippen LogP contribution in [-0.2, 0) is 17.5 Å². The van der Waals surface area contributed by atoms with Crippen molar-refractivity contribution in [1.29, 1.82) is 0 Å². The van der Waals surface area contributed by atoms with Crippen LogP contribution in [0.3, 0.4) is 0 Å². The lowest BCUT2D eigenvalue weighted by molar-refractivity contribution is -0.139. The van der Waals surface area contributed by atoms with Crippen molar-refractivity contribution < 1.29 is 22.7 Å². The molecule has 0 unspecified atom stereocenters. The molecule has 7 heteroatoms. The normalized spacial score (nSPS) is 11.3. The molecule has 1 N–H and O–H groups in total. The molecule has 1 amide bonds. The maximum Gasteiger partial charge on any atom is 0.419 e. The van der Waals surface area contributed by atoms with Crippen molar-refractivity contribution in [2.45, 2.75) is 19.1 Å². The van der Waals surface area contributed by atoms with Crippen LogP contribution in [-0.4, -0.2) is 38.6 Å². The molecule has 1 rings (SSSR count). The number of hydrogen-bond acceptors (Lipinski definition) is 3. The van der Waals surface area contributed by atoms with Gasteiger partial charge in [0.25, 0.3) is 0 Å². The number of rotatable bonds is 6. The highest BCUT2D eigenvalue weighted by atomic mass is 19.4. The SMILES string of the molecule is CNCc1ccc(OCCC(=O)N(C)C)c(C(F)(F)F)c1. The maximum atomic E-state index is 13.0. The molecule has 0 fully saturated rings. The molecule has 118 valence electrons. The van der Waals surface area contributed by atoms with Gasteiger partial charge in [-0.15, -0.1) is 0 Å². The van der Waals surface area contributed by atoms with E-state index in [0.29, 0.717) is 12.1 Å². The van der Waals surface area contributed by atoms with Crippen LogP contribution in [0, 0.1) is 0 Å². The summed E-state index contributed by atoms with van der Waals surface area (Å²) in [7, 11) is 4.82. The first-order valence-corrected chi connectivity index (χ1v) is 6.43. The molecule has 0 atom stereocenters. The van der Waals surface area contributed by atoms with E-state index in [2.05, 4.69) is 5.32 Å². The monoisotopic (exact) mass is 304 g/mol. The number of alkyl halides is 3. The van der Waals surface area contributed by atoms with Crippen LogP contribution in [0.25, 0.3) is 0 Å². The summed E-state index contributed by atoms with van der Waals surface area (Å²) in [4.78, 5) is 12.7. The summed E-state index contributed by atoms with van der Waals surface area (Å²) >= 11 is 0. The molecule has 0 aromatic heterocycles. The molecule has 0 saturated carbocycles. The summed E-state index contributed by atoms with van der Waals surface area (Å²) in [5.74, 6) is -0.454. The van der Waals surface area contributed by atoms with Crippen LogP contribution in [0.4, 0.5) is 13.2 Å². The highest BCUT2D eigenvalue weighted by molar-refractivity contribution is 5.75. The van der Waals surface area contributed by atoms with Gasteiger partial charge in [-0.1, -0.05) is 6.07 Å². The van der Waals surface area contributed by atoms with Crippen molar-refractivity contribution in [2.75, 3.05) is 27.7 Å². The fourth-order valence-electron chi connectivity index (χ4n) is 1.71. The zero-order chi connectivity index (χ0) is 16.0. The van der Waals surface area contributed by atoms with Crippen LogP contribution in [0.15, 0.2) is 18.2 Å². The number of carbonyl (C=O) groups excluding carboxylic acids is 1. The van der Waals surface area contributed by atoms with Gasteiger partial charge in [0.2, 0.25) is 5.91 Å². The van der Waals surface area contributed by atoms with Gasteiger partial charge >= 0.3 is 6.18 Å². The summed E-state index contributed by atoms with van der Waals surface area (Å²) in [6.07, 6.45) is -4.47. The molecule has 4 nitrogen and oxygen atoms in total. The first-order chi connectivity index (χ1) is 9.75. The molecule has 0 bridgehead atoms. The van der Waals surface area contributed by atoms with Crippen molar-refractivity contribution in [3.63, 3.8) is 0 Å². The Morgan fingerprint density at radius 2 is 2.00 bits per heavy atom. The molecule has 0 saturated heterocycles. The van der Waals surface area contributed by atoms with Gasteiger partial charge in [-0.25, -0.2) is 0 Å². The molecule has 1 aromatic carbocycles. The Labute approximate surface area is 121 Å². The Hall–Kier alpha value is -1.76. The molecule has 0 aliphatic carbocycles. The first-order valence-electron chi connectivity index (χ1n) is 6.43. The number of benzene rings is 1. The van der Waals surface area contributed by atoms with Gasteiger partial charge in [-0.3, -0.25) is 4.79 Å². The quantitative estimate of drug-likeness (QED) is 0.876. The minimum atomic E-state index is -4.50. The van der Waals surface area contributed by atoms with Crippen LogP contribution >= 0.6 is 0 Å². The van der Waals surface area contributed by atoms with E-state index >= 15 is 0 Å². The van der Waals surface area contributed by atoms with E-state index in [1.807, 2.05) is 0 Å². The lowest BCUT2D eigenvalue weighted by Crippen LogP contribution is -2.23. The summed E-state index contributed by atoms with van der Waals surface area (Å²) in [5, 5.41) is 2.79. The van der Waals surface area contributed by atoms with Crippen LogP contribution in [0.1, 0.15) is 17.5 Å². The number of amides is 1. The Morgan fingerprint density at radius 1 is 1.33 bits per heavy atom. The Kier molecular flexibility index (Phi) is 6.02. The van der Waals surface area contributed by atoms with Crippen LogP contribution in [0.5, 0.6) is 5.75 Å². The third-order valence-electron chi connectivity index (χ3n) is 2.80. The number of hydrogen-bond donors (Lipinski definition) is 1. The molecule has 21 heavy (non-hydrogen) atoms. The van der Waals surface area contributed by atoms with Gasteiger partial charge < -0.3 is 15.0 Å². The Balaban J connectivity index is 2.83. The highest BCUT2D eigenvalue weighted by Crippen LogP contribution is 2.36. The fourth-order valence-corrected chi connectivity index (χ4v) is 1.71. The average Bonchev–Trinajstić information content (AvgIpc) is 2.39. The van der Waals surface area contributed by atoms with Gasteiger partial charge in [-0.05, 0) is 24.7 Å². The predicted molar refractivity (Wildman–Crippen MR) is 73.0 cm³/mol. The zero-order valence-corrected chi connectivity index (χ0v) is 12.3. The second-order valence-corrected chi connectivity index (χ2v) is 4.75. The van der Waals surface area contributed by atoms with Crippen molar-refractivity contribution in [2.24, 2.45) is 0 Å². The van der Waals surface area contributed by atoms with Crippen molar-refractivity contribution >= 4 is 5.91 Å². The molecule has 0 radical (unpaired) electrons. The van der Waals surface area contributed by atoms with Gasteiger partial charge in [0.05, 0.1) is 18.6 Å². The van der Waals surface area contributed by atoms with Gasteiger partial charge in [0.1, 0.15) is 5.75 Å². The van der Waals surface area contributed by atoms with E-state index in [4.69, 9.17) is 4.74 Å². The third kappa shape index (κ3) is 5.26. The number of halogens is 3. The number of nitrogens with zero attached hydrogens (tertiary/aromatic N) is 1. The topological polar surface area (TPSA) is 41.6 Å². The molecule has 0 aliphatic heterocycles. The van der Waals surface area contributed by atoms with Gasteiger partial charge in [-0.2, -0.15) is 13.2 Å². The maximum absolute atomic E-state index is 13.0. The second-order valence-electron chi connectivity index (χ2n) is 4.75. The number of ether oxygens (including phenoxy) is 1. The fraction of sp³-hybridized carbons (Fsp3) is 0.500. The van der Waals surface area contributed by atoms with E-state index < -0.39 is 11.7 Å². The molecule has 0 aliphatic rings. The van der Waals surface area contributed by atoms with Crippen LogP contribution < -0.4 is 10.1 Å². The van der Waals surface area contributed by atoms with Crippen molar-refractivity contribution in [3.8, 4) is 5.75 Å². The van der Waals surface area contributed by atoms with Crippen LogP contribution in [0.2, 0.25) is 0 Å². The largest absolute Gasteiger partial charge is 0.492 e. The van der Waals surface area contributed by atoms with E-state index in [-0.39, 0.29) is 24.7 Å². The number of carbonyl (C=O) groups is 1. The van der Waals surface area contributed by atoms with E-state index in [9.17, 15) is 18.0 Å². The van der Waals surface area contributed by atoms with E-state index in [1.165, 1.54) is 11.0 Å². The molecule has 0 spiro atoms. The first kappa shape index (κ1) is 17.3. The summed E-state index contributed by atoms with van der Waals surface area (Å²) in [5.41, 5.74) is -0.311. The minimum absolute atomic E-state index is 0.0303. The van der Waals surface area contributed by atoms with Gasteiger partial charge in [0, 0.05) is 20.6 Å². The lowest BCUT2D eigenvalue weighted by Gasteiger charge is -2.16. The summed E-state index contributed by atoms with van der Waals surface area (Å²) < 4.78 is 44.2.